The highest BCUT2D eigenvalue weighted by Crippen LogP contribution is 2.20. The van der Waals surface area contributed by atoms with Gasteiger partial charge in [0, 0.05) is 49.6 Å². The third-order valence-corrected chi connectivity index (χ3v) is 5.20. The Morgan fingerprint density at radius 2 is 1.83 bits per heavy atom. The second kappa shape index (κ2) is 9.00. The van der Waals surface area contributed by atoms with Crippen LogP contribution in [0.1, 0.15) is 5.69 Å². The zero-order chi connectivity index (χ0) is 21.0. The minimum Gasteiger partial charge on any atom is -0.368 e. The van der Waals surface area contributed by atoms with Gasteiger partial charge in [0.2, 0.25) is 5.91 Å². The van der Waals surface area contributed by atoms with E-state index < -0.39 is 11.6 Å². The fourth-order valence-corrected chi connectivity index (χ4v) is 3.45. The number of aryl methyl sites for hydroxylation is 1. The second-order valence-electron chi connectivity index (χ2n) is 6.83. The number of amides is 3. The van der Waals surface area contributed by atoms with Crippen LogP contribution in [0.4, 0.5) is 16.2 Å². The van der Waals surface area contributed by atoms with E-state index in [-0.39, 0.29) is 18.1 Å². The minimum atomic E-state index is -0.485. The van der Waals surface area contributed by atoms with Crippen molar-refractivity contribution in [1.82, 2.24) is 14.8 Å². The summed E-state index contributed by atoms with van der Waals surface area (Å²) in [7, 11) is 1.47. The zero-order valence-electron chi connectivity index (χ0n) is 16.4. The summed E-state index contributed by atoms with van der Waals surface area (Å²) in [6, 6.07) is 10.4. The van der Waals surface area contributed by atoms with Crippen LogP contribution in [0.3, 0.4) is 0 Å². The fraction of sp³-hybridized carbons (Fsp3) is 0.350. The van der Waals surface area contributed by atoms with Crippen LogP contribution in [0.5, 0.6) is 0 Å². The third-order valence-electron chi connectivity index (χ3n) is 4.97. The number of nitrogens with one attached hydrogen (secondary N) is 2. The molecule has 1 aromatic carbocycles. The number of anilines is 2. The van der Waals surface area contributed by atoms with Crippen molar-refractivity contribution < 1.29 is 9.59 Å². The summed E-state index contributed by atoms with van der Waals surface area (Å²) in [5, 5.41) is 5.57. The molecule has 0 saturated carbocycles. The van der Waals surface area contributed by atoms with Crippen molar-refractivity contribution in [2.24, 2.45) is 0 Å². The van der Waals surface area contributed by atoms with E-state index in [0.717, 1.165) is 5.69 Å². The number of piperazine rings is 1. The van der Waals surface area contributed by atoms with Gasteiger partial charge < -0.3 is 25.0 Å². The molecule has 2 heterocycles. The van der Waals surface area contributed by atoms with Gasteiger partial charge in [-0.25, -0.2) is 4.79 Å². The number of carbonyl (C=O) groups is 2. The molecule has 0 aliphatic carbocycles. The molecule has 3 amide bonds. The normalized spacial score (nSPS) is 13.9. The Hall–Kier alpha value is -3.00. The van der Waals surface area contributed by atoms with Gasteiger partial charge in [0.25, 0.3) is 5.56 Å². The van der Waals surface area contributed by atoms with Gasteiger partial charge in [0.1, 0.15) is 12.2 Å². The van der Waals surface area contributed by atoms with Crippen molar-refractivity contribution in [3.8, 4) is 0 Å². The Kier molecular flexibility index (Phi) is 6.43. The van der Waals surface area contributed by atoms with E-state index >= 15 is 0 Å². The number of rotatable bonds is 4. The first-order valence-electron chi connectivity index (χ1n) is 9.36. The van der Waals surface area contributed by atoms with E-state index in [4.69, 9.17) is 11.6 Å². The standard InChI is InChI=1S/C20H24ClN5O3/c1-14-6-7-17(23-20(29)22-2)19(28)26(14)13-18(27)25-10-8-24(9-11-25)16-5-3-4-15(21)12-16/h3-7,12H,8-11,13H2,1-2H3,(H2,22,23,29). The molecule has 1 aromatic heterocycles. The van der Waals surface area contributed by atoms with Gasteiger partial charge in [-0.1, -0.05) is 17.7 Å². The lowest BCUT2D eigenvalue weighted by Gasteiger charge is -2.36. The summed E-state index contributed by atoms with van der Waals surface area (Å²) < 4.78 is 1.39. The van der Waals surface area contributed by atoms with Gasteiger partial charge in [0.15, 0.2) is 0 Å². The number of urea groups is 1. The van der Waals surface area contributed by atoms with Crippen LogP contribution in [0.2, 0.25) is 5.02 Å². The lowest BCUT2D eigenvalue weighted by Crippen LogP contribution is -2.50. The van der Waals surface area contributed by atoms with E-state index in [0.29, 0.717) is 36.9 Å². The largest absolute Gasteiger partial charge is 0.368 e. The quantitative estimate of drug-likeness (QED) is 0.795. The predicted molar refractivity (Wildman–Crippen MR) is 114 cm³/mol. The average Bonchev–Trinajstić information content (AvgIpc) is 2.73. The van der Waals surface area contributed by atoms with Crippen molar-refractivity contribution in [2.45, 2.75) is 13.5 Å². The first kappa shape index (κ1) is 20.7. The van der Waals surface area contributed by atoms with Crippen LogP contribution in [0.25, 0.3) is 0 Å². The monoisotopic (exact) mass is 417 g/mol. The van der Waals surface area contributed by atoms with E-state index in [9.17, 15) is 14.4 Å². The molecule has 0 spiro atoms. The van der Waals surface area contributed by atoms with E-state index in [1.54, 1.807) is 17.9 Å². The van der Waals surface area contributed by atoms with Crippen LogP contribution >= 0.6 is 11.6 Å². The average molecular weight is 418 g/mol. The van der Waals surface area contributed by atoms with Crippen molar-refractivity contribution in [3.05, 3.63) is 57.5 Å². The summed E-state index contributed by atoms with van der Waals surface area (Å²) in [5.41, 5.74) is 1.42. The van der Waals surface area contributed by atoms with Crippen molar-refractivity contribution in [3.63, 3.8) is 0 Å². The zero-order valence-corrected chi connectivity index (χ0v) is 17.2. The highest BCUT2D eigenvalue weighted by Gasteiger charge is 2.22. The second-order valence-corrected chi connectivity index (χ2v) is 7.27. The summed E-state index contributed by atoms with van der Waals surface area (Å²) in [6.45, 7) is 4.21. The molecule has 9 heteroatoms. The Morgan fingerprint density at radius 1 is 1.10 bits per heavy atom. The first-order valence-corrected chi connectivity index (χ1v) is 9.74. The Bertz CT molecular complexity index is 967. The number of hydrogen-bond donors (Lipinski definition) is 2. The smallest absolute Gasteiger partial charge is 0.319 e. The Morgan fingerprint density at radius 3 is 2.48 bits per heavy atom. The topological polar surface area (TPSA) is 86.7 Å². The van der Waals surface area contributed by atoms with Crippen LogP contribution in [-0.4, -0.2) is 54.6 Å². The van der Waals surface area contributed by atoms with Gasteiger partial charge in [-0.3, -0.25) is 9.59 Å². The molecule has 1 aliphatic rings. The molecular weight excluding hydrogens is 394 g/mol. The highest BCUT2D eigenvalue weighted by atomic mass is 35.5. The van der Waals surface area contributed by atoms with Gasteiger partial charge in [0.05, 0.1) is 0 Å². The van der Waals surface area contributed by atoms with Gasteiger partial charge in [-0.2, -0.15) is 0 Å². The molecule has 0 unspecified atom stereocenters. The van der Waals surface area contributed by atoms with E-state index in [1.807, 2.05) is 24.3 Å². The lowest BCUT2D eigenvalue weighted by molar-refractivity contribution is -0.132. The third kappa shape index (κ3) is 4.89. The van der Waals surface area contributed by atoms with E-state index in [2.05, 4.69) is 15.5 Å². The van der Waals surface area contributed by atoms with Crippen molar-refractivity contribution in [1.29, 1.82) is 0 Å². The molecule has 29 heavy (non-hydrogen) atoms. The van der Waals surface area contributed by atoms with Gasteiger partial charge >= 0.3 is 6.03 Å². The summed E-state index contributed by atoms with van der Waals surface area (Å²) in [5.74, 6) is -0.127. The van der Waals surface area contributed by atoms with Gasteiger partial charge in [-0.05, 0) is 37.3 Å². The number of carbonyl (C=O) groups excluding carboxylic acids is 2. The number of benzene rings is 1. The summed E-state index contributed by atoms with van der Waals surface area (Å²) in [6.07, 6.45) is 0. The molecule has 8 nitrogen and oxygen atoms in total. The highest BCUT2D eigenvalue weighted by molar-refractivity contribution is 6.30. The van der Waals surface area contributed by atoms with Crippen molar-refractivity contribution in [2.75, 3.05) is 43.4 Å². The first-order chi connectivity index (χ1) is 13.9. The molecule has 0 bridgehead atoms. The maximum Gasteiger partial charge on any atom is 0.319 e. The maximum absolute atomic E-state index is 12.8. The number of nitrogens with zero attached hydrogens (tertiary/aromatic N) is 3. The van der Waals surface area contributed by atoms with Gasteiger partial charge in [-0.15, -0.1) is 0 Å². The van der Waals surface area contributed by atoms with Crippen LogP contribution in [-0.2, 0) is 11.3 Å². The van der Waals surface area contributed by atoms with Crippen LogP contribution in [0.15, 0.2) is 41.2 Å². The number of halogens is 1. The molecule has 0 atom stereocenters. The van der Waals surface area contributed by atoms with Crippen LogP contribution in [0, 0.1) is 6.92 Å². The number of pyridine rings is 1. The van der Waals surface area contributed by atoms with Crippen LogP contribution < -0.4 is 21.1 Å². The molecule has 154 valence electrons. The predicted octanol–water partition coefficient (Wildman–Crippen LogP) is 1.91. The van der Waals surface area contributed by atoms with E-state index in [1.165, 1.54) is 17.7 Å². The molecule has 1 aliphatic heterocycles. The molecule has 2 aromatic rings. The SMILES string of the molecule is CNC(=O)Nc1ccc(C)n(CC(=O)N2CCN(c3cccc(Cl)c3)CC2)c1=O. The van der Waals surface area contributed by atoms with Crippen molar-refractivity contribution >= 4 is 34.9 Å². The molecule has 3 rings (SSSR count). The lowest BCUT2D eigenvalue weighted by atomic mass is 10.2. The summed E-state index contributed by atoms with van der Waals surface area (Å²) in [4.78, 5) is 40.9. The Labute approximate surface area is 174 Å². The summed E-state index contributed by atoms with van der Waals surface area (Å²) >= 11 is 6.06. The molecule has 1 fully saturated rings. The number of aromatic nitrogens is 1. The Balaban J connectivity index is 1.66. The molecule has 0 radical (unpaired) electrons. The molecular formula is C20H24ClN5O3. The minimum absolute atomic E-state index is 0.0644. The fourth-order valence-electron chi connectivity index (χ4n) is 3.27. The number of hydrogen-bond acceptors (Lipinski definition) is 4. The molecule has 1 saturated heterocycles. The molecule has 2 N–H and O–H groups in total. The maximum atomic E-state index is 12.8.